The molecule has 0 N–H and O–H groups in total. The van der Waals surface area contributed by atoms with Gasteiger partial charge in [0.2, 0.25) is 0 Å². The summed E-state index contributed by atoms with van der Waals surface area (Å²) >= 11 is 0. The van der Waals surface area contributed by atoms with Crippen LogP contribution in [0.1, 0.15) is 63.8 Å². The molecule has 0 spiro atoms. The molecule has 1 heteroatoms. The molecule has 1 nitrogen and oxygen atoms in total. The highest BCUT2D eigenvalue weighted by Crippen LogP contribution is 2.58. The minimum atomic E-state index is -0.110. The van der Waals surface area contributed by atoms with Crippen molar-refractivity contribution >= 4 is 17.1 Å². The highest BCUT2D eigenvalue weighted by molar-refractivity contribution is 5.90. The van der Waals surface area contributed by atoms with Crippen LogP contribution < -0.4 is 4.90 Å². The van der Waals surface area contributed by atoms with Gasteiger partial charge >= 0.3 is 0 Å². The zero-order chi connectivity index (χ0) is 27.9. The number of fused-ring (bicyclic) bond motifs is 6. The maximum atomic E-state index is 2.53. The summed E-state index contributed by atoms with van der Waals surface area (Å²) in [5, 5.41) is 0. The lowest BCUT2D eigenvalue weighted by Gasteiger charge is -2.48. The van der Waals surface area contributed by atoms with Gasteiger partial charge in [0.1, 0.15) is 0 Å². The second-order valence-electron chi connectivity index (χ2n) is 13.1. The Labute approximate surface area is 239 Å². The molecule has 0 fully saturated rings. The summed E-state index contributed by atoms with van der Waals surface area (Å²) in [5.74, 6) is 0. The van der Waals surface area contributed by atoms with Gasteiger partial charge in [-0.05, 0) is 104 Å². The molecule has 0 aromatic heterocycles. The maximum Gasteiger partial charge on any atom is 0.0465 e. The normalized spacial score (nSPS) is 16.9. The first-order chi connectivity index (χ1) is 19.1. The Bertz CT molecular complexity index is 1720. The first-order valence-electron chi connectivity index (χ1n) is 14.5. The lowest BCUT2D eigenvalue weighted by atomic mass is 9.55. The Kier molecular flexibility index (Phi) is 5.26. The van der Waals surface area contributed by atoms with Crippen molar-refractivity contribution in [3.8, 4) is 22.3 Å². The molecular formula is C39H37N. The molecule has 0 bridgehead atoms. The fourth-order valence-electron chi connectivity index (χ4n) is 7.19. The maximum absolute atomic E-state index is 2.53. The number of hydrogen-bond donors (Lipinski definition) is 0. The Balaban J connectivity index is 1.43. The number of nitrogens with zero attached hydrogens (tertiary/aromatic N) is 1. The van der Waals surface area contributed by atoms with Crippen molar-refractivity contribution in [3.05, 3.63) is 138 Å². The summed E-state index contributed by atoms with van der Waals surface area (Å²) in [6, 6.07) is 42.6. The van der Waals surface area contributed by atoms with Crippen molar-refractivity contribution < 1.29 is 0 Å². The predicted octanol–water partition coefficient (Wildman–Crippen LogP) is 10.7. The minimum absolute atomic E-state index is 0.00400. The van der Waals surface area contributed by atoms with Crippen molar-refractivity contribution in [2.24, 2.45) is 0 Å². The summed E-state index contributed by atoms with van der Waals surface area (Å²) in [5.41, 5.74) is 14.7. The van der Waals surface area contributed by atoms with Crippen molar-refractivity contribution in [2.75, 3.05) is 4.90 Å². The van der Waals surface area contributed by atoms with Crippen LogP contribution in [0.2, 0.25) is 0 Å². The molecule has 0 aliphatic heterocycles. The fourth-order valence-corrected chi connectivity index (χ4v) is 7.19. The number of benzene rings is 5. The second-order valence-corrected chi connectivity index (χ2v) is 13.1. The van der Waals surface area contributed by atoms with E-state index in [0.29, 0.717) is 0 Å². The van der Waals surface area contributed by atoms with Crippen LogP contribution in [0.15, 0.2) is 115 Å². The van der Waals surface area contributed by atoms with E-state index < -0.39 is 0 Å². The summed E-state index contributed by atoms with van der Waals surface area (Å²) in [6.45, 7) is 14.5. The largest absolute Gasteiger partial charge is 0.310 e. The van der Waals surface area contributed by atoms with Gasteiger partial charge in [-0.2, -0.15) is 0 Å². The molecule has 2 aliphatic rings. The monoisotopic (exact) mass is 519 g/mol. The van der Waals surface area contributed by atoms with Gasteiger partial charge in [-0.3, -0.25) is 0 Å². The quantitative estimate of drug-likeness (QED) is 0.229. The number of para-hydroxylation sites is 2. The van der Waals surface area contributed by atoms with Crippen molar-refractivity contribution in [1.29, 1.82) is 0 Å². The van der Waals surface area contributed by atoms with E-state index in [-0.39, 0.29) is 16.2 Å². The molecule has 0 unspecified atom stereocenters. The zero-order valence-electron chi connectivity index (χ0n) is 24.4. The summed E-state index contributed by atoms with van der Waals surface area (Å²) in [4.78, 5) is 2.37. The van der Waals surface area contributed by atoms with Gasteiger partial charge in [0, 0.05) is 22.5 Å². The van der Waals surface area contributed by atoms with E-state index in [0.717, 1.165) is 11.4 Å². The standard InChI is InChI=1S/C39H37N/c1-37(2)34-23-28(40(26-15-9-7-10-16-26)27-17-11-8-12-18-27)21-22-30(34)31-25-36-32(24-35(31)37)29-19-13-14-20-33(29)38(3,4)39(36,5)6/h7-25H,1-6H3. The Hall–Kier alpha value is -4.10. The summed E-state index contributed by atoms with van der Waals surface area (Å²) in [6.07, 6.45) is 0. The number of rotatable bonds is 3. The Morgan fingerprint density at radius 2 is 0.850 bits per heavy atom. The molecule has 2 aliphatic carbocycles. The predicted molar refractivity (Wildman–Crippen MR) is 170 cm³/mol. The van der Waals surface area contributed by atoms with E-state index in [2.05, 4.69) is 162 Å². The molecule has 5 aromatic rings. The molecule has 0 saturated carbocycles. The van der Waals surface area contributed by atoms with Crippen LogP contribution in [-0.2, 0) is 16.2 Å². The third kappa shape index (κ3) is 3.33. The molecule has 0 amide bonds. The van der Waals surface area contributed by atoms with Crippen LogP contribution in [0, 0.1) is 0 Å². The van der Waals surface area contributed by atoms with Crippen LogP contribution >= 0.6 is 0 Å². The van der Waals surface area contributed by atoms with Crippen LogP contribution in [0.3, 0.4) is 0 Å². The van der Waals surface area contributed by atoms with Gasteiger partial charge in [0.05, 0.1) is 0 Å². The smallest absolute Gasteiger partial charge is 0.0465 e. The SMILES string of the molecule is CC1(C)c2cc(N(c3ccccc3)c3ccccc3)ccc2-c2cc3c(cc21)-c1ccccc1C(C)(C)C3(C)C. The molecule has 0 saturated heterocycles. The first kappa shape index (κ1) is 24.9. The molecule has 5 aromatic carbocycles. The lowest BCUT2D eigenvalue weighted by Crippen LogP contribution is -2.43. The number of anilines is 3. The minimum Gasteiger partial charge on any atom is -0.310 e. The van der Waals surface area contributed by atoms with Gasteiger partial charge in [-0.25, -0.2) is 0 Å². The van der Waals surface area contributed by atoms with Crippen molar-refractivity contribution in [2.45, 2.75) is 57.8 Å². The first-order valence-corrected chi connectivity index (χ1v) is 14.5. The van der Waals surface area contributed by atoms with Crippen LogP contribution in [-0.4, -0.2) is 0 Å². The molecular weight excluding hydrogens is 482 g/mol. The van der Waals surface area contributed by atoms with E-state index in [4.69, 9.17) is 0 Å². The summed E-state index contributed by atoms with van der Waals surface area (Å²) < 4.78 is 0. The zero-order valence-corrected chi connectivity index (χ0v) is 24.4. The Morgan fingerprint density at radius 3 is 1.50 bits per heavy atom. The van der Waals surface area contributed by atoms with E-state index in [1.54, 1.807) is 0 Å². The highest BCUT2D eigenvalue weighted by atomic mass is 15.1. The average molecular weight is 520 g/mol. The van der Waals surface area contributed by atoms with E-state index >= 15 is 0 Å². The third-order valence-corrected chi connectivity index (χ3v) is 10.2. The van der Waals surface area contributed by atoms with Gasteiger partial charge in [-0.15, -0.1) is 0 Å². The molecule has 198 valence electrons. The van der Waals surface area contributed by atoms with Gasteiger partial charge < -0.3 is 4.90 Å². The summed E-state index contributed by atoms with van der Waals surface area (Å²) in [7, 11) is 0. The topological polar surface area (TPSA) is 3.24 Å². The lowest BCUT2D eigenvalue weighted by molar-refractivity contribution is 0.299. The van der Waals surface area contributed by atoms with Gasteiger partial charge in [0.15, 0.2) is 0 Å². The van der Waals surface area contributed by atoms with Crippen molar-refractivity contribution in [1.82, 2.24) is 0 Å². The van der Waals surface area contributed by atoms with Crippen LogP contribution in [0.4, 0.5) is 17.1 Å². The average Bonchev–Trinajstić information content (AvgIpc) is 3.18. The molecule has 40 heavy (non-hydrogen) atoms. The van der Waals surface area contributed by atoms with E-state index in [9.17, 15) is 0 Å². The molecule has 7 rings (SSSR count). The molecule has 0 atom stereocenters. The van der Waals surface area contributed by atoms with Crippen molar-refractivity contribution in [3.63, 3.8) is 0 Å². The molecule has 0 radical (unpaired) electrons. The third-order valence-electron chi connectivity index (χ3n) is 10.2. The van der Waals surface area contributed by atoms with Gasteiger partial charge in [-0.1, -0.05) is 108 Å². The van der Waals surface area contributed by atoms with E-state index in [1.807, 2.05) is 0 Å². The highest BCUT2D eigenvalue weighted by Gasteiger charge is 2.47. The van der Waals surface area contributed by atoms with Crippen LogP contribution in [0.5, 0.6) is 0 Å². The fraction of sp³-hybridized carbons (Fsp3) is 0.231. The molecule has 0 heterocycles. The Morgan fingerprint density at radius 1 is 0.375 bits per heavy atom. The van der Waals surface area contributed by atoms with E-state index in [1.165, 1.54) is 50.2 Å². The number of hydrogen-bond acceptors (Lipinski definition) is 1. The second kappa shape index (κ2) is 8.45. The van der Waals surface area contributed by atoms with Gasteiger partial charge in [0.25, 0.3) is 0 Å². The van der Waals surface area contributed by atoms with Crippen LogP contribution in [0.25, 0.3) is 22.3 Å².